The molecule has 1 rings (SSSR count). The van der Waals surface area contributed by atoms with E-state index in [1.165, 1.54) is 4.90 Å². The molecule has 0 saturated heterocycles. The minimum absolute atomic E-state index is 0.112. The van der Waals surface area contributed by atoms with Gasteiger partial charge in [0.1, 0.15) is 12.2 Å². The van der Waals surface area contributed by atoms with Crippen molar-refractivity contribution in [2.45, 2.75) is 26.3 Å². The maximum Gasteiger partial charge on any atom is 0.337 e. The summed E-state index contributed by atoms with van der Waals surface area (Å²) in [6.45, 7) is 3.90. The van der Waals surface area contributed by atoms with E-state index in [0.29, 0.717) is 6.42 Å². The van der Waals surface area contributed by atoms with Crippen molar-refractivity contribution in [1.82, 2.24) is 4.90 Å². The van der Waals surface area contributed by atoms with E-state index in [1.807, 2.05) is 30.3 Å². The zero-order valence-electron chi connectivity index (χ0n) is 14.2. The fourth-order valence-corrected chi connectivity index (χ4v) is 4.40. The molecule has 0 fully saturated rings. The van der Waals surface area contributed by atoms with Crippen molar-refractivity contribution in [2.75, 3.05) is 26.4 Å². The molecule has 0 heterocycles. The second-order valence-electron chi connectivity index (χ2n) is 5.15. The number of aliphatic carboxylic acids is 1. The lowest BCUT2D eigenvalue weighted by atomic mass is 10.1. The average molecular weight is 373 g/mol. The van der Waals surface area contributed by atoms with Crippen LogP contribution < -0.4 is 0 Å². The summed E-state index contributed by atoms with van der Waals surface area (Å²) in [5.74, 6) is -0.994. The number of hydrogen-bond donors (Lipinski definition) is 1. The SMILES string of the molecule is CCOP(=O)(CC(=S)N(C)C(Cc1ccccc1)C(=O)O)OCC. The second kappa shape index (κ2) is 9.89. The normalized spacial score (nSPS) is 12.6. The predicted molar refractivity (Wildman–Crippen MR) is 97.7 cm³/mol. The predicted octanol–water partition coefficient (Wildman–Crippen LogP) is 3.21. The Hall–Kier alpha value is -1.27. The van der Waals surface area contributed by atoms with Crippen molar-refractivity contribution in [3.05, 3.63) is 35.9 Å². The van der Waals surface area contributed by atoms with Gasteiger partial charge in [0.15, 0.2) is 0 Å². The summed E-state index contributed by atoms with van der Waals surface area (Å²) in [7, 11) is -1.77. The Morgan fingerprint density at radius 3 is 2.25 bits per heavy atom. The van der Waals surface area contributed by atoms with Crippen molar-refractivity contribution in [2.24, 2.45) is 0 Å². The van der Waals surface area contributed by atoms with E-state index in [4.69, 9.17) is 21.3 Å². The van der Waals surface area contributed by atoms with Gasteiger partial charge in [0.25, 0.3) is 0 Å². The topological polar surface area (TPSA) is 76.1 Å². The van der Waals surface area contributed by atoms with Gasteiger partial charge in [0.05, 0.1) is 18.2 Å². The first-order valence-corrected chi connectivity index (χ1v) is 9.87. The number of likely N-dealkylation sites (N-methyl/N-ethyl adjacent to an activating group) is 1. The molecule has 0 amide bonds. The van der Waals surface area contributed by atoms with E-state index in [9.17, 15) is 14.5 Å². The first-order valence-electron chi connectivity index (χ1n) is 7.73. The number of thiocarbonyl (C=S) groups is 1. The number of carboxylic acids is 1. The fourth-order valence-electron chi connectivity index (χ4n) is 2.20. The van der Waals surface area contributed by atoms with E-state index < -0.39 is 19.6 Å². The van der Waals surface area contributed by atoms with Crippen LogP contribution in [0, 0.1) is 0 Å². The van der Waals surface area contributed by atoms with E-state index >= 15 is 0 Å². The van der Waals surface area contributed by atoms with E-state index in [2.05, 4.69) is 0 Å². The number of benzene rings is 1. The molecule has 6 nitrogen and oxygen atoms in total. The van der Waals surface area contributed by atoms with Crippen LogP contribution in [0.25, 0.3) is 0 Å². The quantitative estimate of drug-likeness (QED) is 0.498. The molecule has 1 aromatic rings. The number of carboxylic acid groups (broad SMARTS) is 1. The van der Waals surface area contributed by atoms with Crippen LogP contribution in [0.4, 0.5) is 0 Å². The Kier molecular flexibility index (Phi) is 8.56. The molecular weight excluding hydrogens is 349 g/mol. The molecule has 1 atom stereocenters. The number of hydrogen-bond acceptors (Lipinski definition) is 5. The minimum Gasteiger partial charge on any atom is -0.480 e. The molecule has 1 unspecified atom stereocenters. The smallest absolute Gasteiger partial charge is 0.337 e. The molecule has 0 aliphatic carbocycles. The molecule has 0 aromatic heterocycles. The lowest BCUT2D eigenvalue weighted by Gasteiger charge is -2.29. The Morgan fingerprint density at radius 2 is 1.79 bits per heavy atom. The van der Waals surface area contributed by atoms with E-state index in [0.717, 1.165) is 5.56 Å². The van der Waals surface area contributed by atoms with Crippen LogP contribution in [0.1, 0.15) is 19.4 Å². The highest BCUT2D eigenvalue weighted by Crippen LogP contribution is 2.48. The average Bonchev–Trinajstić information content (AvgIpc) is 2.52. The van der Waals surface area contributed by atoms with Gasteiger partial charge in [-0.3, -0.25) is 4.57 Å². The van der Waals surface area contributed by atoms with Gasteiger partial charge >= 0.3 is 13.6 Å². The molecule has 0 spiro atoms. The Morgan fingerprint density at radius 1 is 1.25 bits per heavy atom. The maximum absolute atomic E-state index is 12.6. The standard InChI is InChI=1S/C16H24NO5PS/c1-4-21-23(20,22-5-2)12-15(24)17(3)14(16(18)19)11-13-9-7-6-8-10-13/h6-10,14H,4-5,11-12H2,1-3H3,(H,18,19). The first-order chi connectivity index (χ1) is 11.3. The zero-order chi connectivity index (χ0) is 18.2. The Balaban J connectivity index is 2.86. The lowest BCUT2D eigenvalue weighted by Crippen LogP contribution is -2.44. The summed E-state index contributed by atoms with van der Waals surface area (Å²) in [5.41, 5.74) is 0.886. The summed E-state index contributed by atoms with van der Waals surface area (Å²) in [5, 5.41) is 9.53. The largest absolute Gasteiger partial charge is 0.480 e. The van der Waals surface area contributed by atoms with Gasteiger partial charge in [-0.2, -0.15) is 0 Å². The van der Waals surface area contributed by atoms with Gasteiger partial charge in [-0.05, 0) is 19.4 Å². The van der Waals surface area contributed by atoms with Gasteiger partial charge in [-0.1, -0.05) is 42.5 Å². The third-order valence-corrected chi connectivity index (χ3v) is 6.03. The van der Waals surface area contributed by atoms with E-state index in [1.54, 1.807) is 20.9 Å². The maximum atomic E-state index is 12.6. The molecule has 0 aliphatic heterocycles. The van der Waals surface area contributed by atoms with Crippen molar-refractivity contribution in [3.8, 4) is 0 Å². The van der Waals surface area contributed by atoms with Crippen LogP contribution in [0.5, 0.6) is 0 Å². The van der Waals surface area contributed by atoms with Gasteiger partial charge in [0.2, 0.25) is 0 Å². The third kappa shape index (κ3) is 6.32. The molecule has 0 aliphatic rings. The van der Waals surface area contributed by atoms with Crippen LogP contribution in [0.3, 0.4) is 0 Å². The van der Waals surface area contributed by atoms with Crippen molar-refractivity contribution in [1.29, 1.82) is 0 Å². The highest BCUT2D eigenvalue weighted by atomic mass is 32.1. The molecule has 0 radical (unpaired) electrons. The number of carbonyl (C=O) groups is 1. The fraction of sp³-hybridized carbons (Fsp3) is 0.500. The molecule has 1 aromatic carbocycles. The Labute approximate surface area is 148 Å². The highest BCUT2D eigenvalue weighted by Gasteiger charge is 2.31. The summed E-state index contributed by atoms with van der Waals surface area (Å²) in [6, 6.07) is 8.44. The monoisotopic (exact) mass is 373 g/mol. The van der Waals surface area contributed by atoms with Crippen molar-refractivity contribution < 1.29 is 23.5 Å². The summed E-state index contributed by atoms with van der Waals surface area (Å²) >= 11 is 5.30. The third-order valence-electron chi connectivity index (χ3n) is 3.40. The number of nitrogens with zero attached hydrogens (tertiary/aromatic N) is 1. The van der Waals surface area contributed by atoms with Crippen LogP contribution in [-0.4, -0.2) is 53.4 Å². The molecule has 0 saturated carbocycles. The summed E-state index contributed by atoms with van der Waals surface area (Å²) in [4.78, 5) is 13.3. The lowest BCUT2D eigenvalue weighted by molar-refractivity contribution is -0.141. The van der Waals surface area contributed by atoms with Crippen LogP contribution >= 0.6 is 19.8 Å². The molecular formula is C16H24NO5PS. The molecule has 134 valence electrons. The minimum atomic E-state index is -3.36. The van der Waals surface area contributed by atoms with Gasteiger partial charge in [-0.15, -0.1) is 0 Å². The van der Waals surface area contributed by atoms with Crippen molar-refractivity contribution in [3.63, 3.8) is 0 Å². The van der Waals surface area contributed by atoms with Crippen LogP contribution in [-0.2, 0) is 24.8 Å². The Bertz CT molecular complexity index is 585. The van der Waals surface area contributed by atoms with Crippen LogP contribution in [0.2, 0.25) is 0 Å². The summed E-state index contributed by atoms with van der Waals surface area (Å²) in [6.07, 6.45) is 0.180. The molecule has 1 N–H and O–H groups in total. The molecule has 8 heteroatoms. The zero-order valence-corrected chi connectivity index (χ0v) is 15.9. The molecule has 24 heavy (non-hydrogen) atoms. The van der Waals surface area contributed by atoms with Gasteiger partial charge in [-0.25, -0.2) is 4.79 Å². The number of rotatable bonds is 10. The molecule has 0 bridgehead atoms. The highest BCUT2D eigenvalue weighted by molar-refractivity contribution is 7.81. The van der Waals surface area contributed by atoms with Crippen molar-refractivity contribution >= 4 is 30.8 Å². The van der Waals surface area contributed by atoms with Gasteiger partial charge < -0.3 is 19.1 Å². The summed E-state index contributed by atoms with van der Waals surface area (Å²) < 4.78 is 23.0. The van der Waals surface area contributed by atoms with Gasteiger partial charge in [0, 0.05) is 13.5 Å². The first kappa shape index (κ1) is 20.8. The second-order valence-corrected chi connectivity index (χ2v) is 7.68. The van der Waals surface area contributed by atoms with E-state index in [-0.39, 0.29) is 24.4 Å². The van der Waals surface area contributed by atoms with Crippen LogP contribution in [0.15, 0.2) is 30.3 Å².